The zero-order valence-corrected chi connectivity index (χ0v) is 16.1. The van der Waals surface area contributed by atoms with E-state index in [1.807, 2.05) is 67.6 Å². The molecule has 144 valence electrons. The van der Waals surface area contributed by atoms with E-state index in [1.54, 1.807) is 24.1 Å². The van der Waals surface area contributed by atoms with Crippen LogP contribution in [0, 0.1) is 6.92 Å². The molecule has 0 radical (unpaired) electrons. The third kappa shape index (κ3) is 5.10. The third-order valence-electron chi connectivity index (χ3n) is 4.54. The van der Waals surface area contributed by atoms with Gasteiger partial charge < -0.3 is 14.6 Å². The van der Waals surface area contributed by atoms with Gasteiger partial charge in [-0.2, -0.15) is 0 Å². The van der Waals surface area contributed by atoms with Crippen LogP contribution < -0.4 is 5.32 Å². The highest BCUT2D eigenvalue weighted by atomic mass is 16.3. The average Bonchev–Trinajstić information content (AvgIpc) is 3.13. The van der Waals surface area contributed by atoms with E-state index < -0.39 is 6.04 Å². The minimum atomic E-state index is -0.415. The van der Waals surface area contributed by atoms with Crippen LogP contribution in [0.5, 0.6) is 0 Å². The number of rotatable bonds is 7. The Morgan fingerprint density at radius 3 is 2.21 bits per heavy atom. The number of nitrogens with one attached hydrogen (secondary N) is 1. The molecule has 1 atom stereocenters. The van der Waals surface area contributed by atoms with Crippen LogP contribution in [-0.2, 0) is 11.3 Å². The molecule has 0 aliphatic carbocycles. The maximum absolute atomic E-state index is 12.8. The predicted octanol–water partition coefficient (Wildman–Crippen LogP) is 4.11. The number of carbonyl (C=O) groups excluding carboxylic acids is 2. The molecule has 0 fully saturated rings. The quantitative estimate of drug-likeness (QED) is 0.675. The van der Waals surface area contributed by atoms with Gasteiger partial charge in [0.1, 0.15) is 11.5 Å². The van der Waals surface area contributed by atoms with E-state index in [0.29, 0.717) is 12.1 Å². The lowest BCUT2D eigenvalue weighted by molar-refractivity contribution is -0.131. The van der Waals surface area contributed by atoms with Gasteiger partial charge in [-0.3, -0.25) is 9.59 Å². The number of nitrogens with zero attached hydrogens (tertiary/aromatic N) is 1. The average molecular weight is 376 g/mol. The molecule has 1 heterocycles. The van der Waals surface area contributed by atoms with Gasteiger partial charge >= 0.3 is 0 Å². The number of carbonyl (C=O) groups is 2. The Hall–Kier alpha value is -3.34. The zero-order chi connectivity index (χ0) is 19.9. The summed E-state index contributed by atoms with van der Waals surface area (Å²) in [6, 6.07) is 21.9. The van der Waals surface area contributed by atoms with Crippen LogP contribution in [0.4, 0.5) is 0 Å². The summed E-state index contributed by atoms with van der Waals surface area (Å²) in [4.78, 5) is 27.0. The van der Waals surface area contributed by atoms with Gasteiger partial charge in [-0.1, -0.05) is 48.5 Å². The second kappa shape index (κ2) is 9.04. The smallest absolute Gasteiger partial charge is 0.251 e. The van der Waals surface area contributed by atoms with Crippen molar-refractivity contribution >= 4 is 11.8 Å². The lowest BCUT2D eigenvalue weighted by atomic mass is 10.0. The third-order valence-corrected chi connectivity index (χ3v) is 4.54. The summed E-state index contributed by atoms with van der Waals surface area (Å²) < 4.78 is 5.55. The van der Waals surface area contributed by atoms with Gasteiger partial charge in [-0.15, -0.1) is 0 Å². The van der Waals surface area contributed by atoms with Gasteiger partial charge in [0.25, 0.3) is 5.91 Å². The maximum Gasteiger partial charge on any atom is 0.251 e. The second-order valence-electron chi connectivity index (χ2n) is 6.77. The fraction of sp³-hybridized carbons (Fsp3) is 0.217. The van der Waals surface area contributed by atoms with Crippen molar-refractivity contribution in [2.75, 3.05) is 7.05 Å². The molecule has 1 aromatic heterocycles. The molecule has 1 N–H and O–H groups in total. The number of amides is 2. The van der Waals surface area contributed by atoms with Crippen molar-refractivity contribution in [2.45, 2.75) is 25.9 Å². The van der Waals surface area contributed by atoms with Crippen molar-refractivity contribution in [1.29, 1.82) is 0 Å². The van der Waals surface area contributed by atoms with Crippen molar-refractivity contribution in [3.05, 3.63) is 95.4 Å². The SMILES string of the molecule is Cc1ccc(CN(C)C(=O)CC(NC(=O)c2ccccc2)c2ccccc2)o1. The van der Waals surface area contributed by atoms with Crippen LogP contribution in [0.1, 0.15) is 39.9 Å². The van der Waals surface area contributed by atoms with E-state index in [2.05, 4.69) is 5.32 Å². The molecule has 0 bridgehead atoms. The van der Waals surface area contributed by atoms with Crippen molar-refractivity contribution in [3.8, 4) is 0 Å². The van der Waals surface area contributed by atoms with E-state index in [0.717, 1.165) is 17.1 Å². The summed E-state index contributed by atoms with van der Waals surface area (Å²) in [6.07, 6.45) is 0.165. The van der Waals surface area contributed by atoms with E-state index in [-0.39, 0.29) is 18.2 Å². The summed E-state index contributed by atoms with van der Waals surface area (Å²) in [6.45, 7) is 2.26. The predicted molar refractivity (Wildman–Crippen MR) is 108 cm³/mol. The van der Waals surface area contributed by atoms with E-state index in [4.69, 9.17) is 4.42 Å². The highest BCUT2D eigenvalue weighted by Gasteiger charge is 2.21. The van der Waals surface area contributed by atoms with Gasteiger partial charge in [-0.25, -0.2) is 0 Å². The fourth-order valence-electron chi connectivity index (χ4n) is 2.99. The van der Waals surface area contributed by atoms with Crippen molar-refractivity contribution in [1.82, 2.24) is 10.2 Å². The molecule has 0 aliphatic heterocycles. The summed E-state index contributed by atoms with van der Waals surface area (Å²) in [7, 11) is 1.74. The zero-order valence-electron chi connectivity index (χ0n) is 16.1. The van der Waals surface area contributed by atoms with Crippen LogP contribution >= 0.6 is 0 Å². The maximum atomic E-state index is 12.8. The number of hydrogen-bond donors (Lipinski definition) is 1. The molecule has 28 heavy (non-hydrogen) atoms. The summed E-state index contributed by atoms with van der Waals surface area (Å²) in [5, 5.41) is 2.99. The molecule has 0 saturated carbocycles. The van der Waals surface area contributed by atoms with Gasteiger partial charge in [0.15, 0.2) is 0 Å². The highest BCUT2D eigenvalue weighted by Crippen LogP contribution is 2.19. The van der Waals surface area contributed by atoms with Gasteiger partial charge in [0.05, 0.1) is 19.0 Å². The first-order valence-electron chi connectivity index (χ1n) is 9.23. The summed E-state index contributed by atoms with van der Waals surface area (Å²) >= 11 is 0. The Balaban J connectivity index is 1.71. The van der Waals surface area contributed by atoms with Crippen molar-refractivity contribution in [2.24, 2.45) is 0 Å². The molecule has 5 nitrogen and oxygen atoms in total. The Kier molecular flexibility index (Phi) is 6.27. The minimum absolute atomic E-state index is 0.0729. The lowest BCUT2D eigenvalue weighted by Gasteiger charge is -2.22. The van der Waals surface area contributed by atoms with Crippen LogP contribution in [-0.4, -0.2) is 23.8 Å². The van der Waals surface area contributed by atoms with E-state index in [1.165, 1.54) is 0 Å². The molecule has 0 aliphatic rings. The first-order valence-corrected chi connectivity index (χ1v) is 9.23. The molecule has 0 spiro atoms. The van der Waals surface area contributed by atoms with Crippen LogP contribution in [0.3, 0.4) is 0 Å². The first-order chi connectivity index (χ1) is 13.5. The van der Waals surface area contributed by atoms with Crippen LogP contribution in [0.25, 0.3) is 0 Å². The Morgan fingerprint density at radius 2 is 1.61 bits per heavy atom. The molecule has 0 saturated heterocycles. The molecule has 3 rings (SSSR count). The van der Waals surface area contributed by atoms with Crippen molar-refractivity contribution < 1.29 is 14.0 Å². The summed E-state index contributed by atoms with van der Waals surface area (Å²) in [5.74, 6) is 1.27. The Labute approximate surface area is 165 Å². The highest BCUT2D eigenvalue weighted by molar-refractivity contribution is 5.94. The van der Waals surface area contributed by atoms with Gasteiger partial charge in [0.2, 0.25) is 5.91 Å². The largest absolute Gasteiger partial charge is 0.464 e. The molecule has 3 aromatic rings. The number of aryl methyl sites for hydroxylation is 1. The Morgan fingerprint density at radius 1 is 0.964 bits per heavy atom. The number of hydrogen-bond acceptors (Lipinski definition) is 3. The topological polar surface area (TPSA) is 62.6 Å². The molecule has 1 unspecified atom stereocenters. The lowest BCUT2D eigenvalue weighted by Crippen LogP contribution is -2.34. The fourth-order valence-corrected chi connectivity index (χ4v) is 2.99. The Bertz CT molecular complexity index is 919. The monoisotopic (exact) mass is 376 g/mol. The molecular formula is C23H24N2O3. The summed E-state index contributed by atoms with van der Waals surface area (Å²) in [5.41, 5.74) is 1.46. The molecular weight excluding hydrogens is 352 g/mol. The first kappa shape index (κ1) is 19.4. The van der Waals surface area contributed by atoms with E-state index >= 15 is 0 Å². The number of furan rings is 1. The normalized spacial score (nSPS) is 11.6. The molecule has 2 aromatic carbocycles. The van der Waals surface area contributed by atoms with Crippen molar-refractivity contribution in [3.63, 3.8) is 0 Å². The molecule has 2 amide bonds. The van der Waals surface area contributed by atoms with Gasteiger partial charge in [0, 0.05) is 12.6 Å². The molecule has 5 heteroatoms. The standard InChI is InChI=1S/C23H24N2O3/c1-17-13-14-20(28-17)16-25(2)22(26)15-21(18-9-5-3-6-10-18)24-23(27)19-11-7-4-8-12-19/h3-14,21H,15-16H2,1-2H3,(H,24,27). The minimum Gasteiger partial charge on any atom is -0.464 e. The van der Waals surface area contributed by atoms with Gasteiger partial charge in [-0.05, 0) is 36.8 Å². The van der Waals surface area contributed by atoms with E-state index in [9.17, 15) is 9.59 Å². The second-order valence-corrected chi connectivity index (χ2v) is 6.77. The van der Waals surface area contributed by atoms with Crippen LogP contribution in [0.15, 0.2) is 77.2 Å². The number of benzene rings is 2. The van der Waals surface area contributed by atoms with Crippen LogP contribution in [0.2, 0.25) is 0 Å².